The summed E-state index contributed by atoms with van der Waals surface area (Å²) in [6.45, 7) is 3.60. The van der Waals surface area contributed by atoms with Crippen LogP contribution >= 0.6 is 52.9 Å². The molecule has 0 aliphatic carbocycles. The van der Waals surface area contributed by atoms with E-state index in [0.717, 1.165) is 43.5 Å². The molecule has 1 aromatic carbocycles. The molecule has 1 fully saturated rings. The van der Waals surface area contributed by atoms with Gasteiger partial charge in [0.1, 0.15) is 5.44 Å². The zero-order valence-corrected chi connectivity index (χ0v) is 22.3. The second kappa shape index (κ2) is 13.7. The van der Waals surface area contributed by atoms with Gasteiger partial charge in [0.2, 0.25) is 5.91 Å². The van der Waals surface area contributed by atoms with Crippen LogP contribution in [0.15, 0.2) is 18.2 Å². The number of nitrogens with one attached hydrogen (secondary N) is 1. The Balaban J connectivity index is 1.97. The predicted molar refractivity (Wildman–Crippen MR) is 135 cm³/mol. The fourth-order valence-corrected chi connectivity index (χ4v) is 10.00. The van der Waals surface area contributed by atoms with Crippen LogP contribution in [0.2, 0.25) is 10.0 Å². The average molecular weight is 529 g/mol. The zero-order chi connectivity index (χ0) is 22.9. The molecule has 0 bridgehead atoms. The highest BCUT2D eigenvalue weighted by Crippen LogP contribution is 2.60. The highest BCUT2D eigenvalue weighted by molar-refractivity contribution is 8.59. The van der Waals surface area contributed by atoms with Crippen molar-refractivity contribution >= 4 is 64.1 Å². The zero-order valence-electron chi connectivity index (χ0n) is 18.3. The highest BCUT2D eigenvalue weighted by atomic mass is 35.5. The molecule has 1 aliphatic rings. The molecule has 1 N–H and O–H groups in total. The Hall–Kier alpha value is 0.120. The Kier molecular flexibility index (Phi) is 12.1. The fourth-order valence-electron chi connectivity index (χ4n) is 3.25. The first-order valence-electron chi connectivity index (χ1n) is 10.7. The second-order valence-electron chi connectivity index (χ2n) is 7.60. The van der Waals surface area contributed by atoms with Crippen molar-refractivity contribution in [3.8, 4) is 0 Å². The molecule has 1 aromatic rings. The Morgan fingerprint density at radius 2 is 2.00 bits per heavy atom. The lowest BCUT2D eigenvalue weighted by Crippen LogP contribution is -2.38. The maximum Gasteiger partial charge on any atom is 0.290 e. The first-order valence-corrected chi connectivity index (χ1v) is 15.6. The quantitative estimate of drug-likeness (QED) is 0.246. The van der Waals surface area contributed by atoms with Crippen LogP contribution in [-0.4, -0.2) is 41.6 Å². The number of rotatable bonds is 12. The monoisotopic (exact) mass is 527 g/mol. The van der Waals surface area contributed by atoms with Crippen LogP contribution in [0.25, 0.3) is 0 Å². The Bertz CT molecular complexity index is 741. The average Bonchev–Trinajstić information content (AvgIpc) is 2.70. The molecule has 2 rings (SSSR count). The van der Waals surface area contributed by atoms with E-state index in [2.05, 4.69) is 19.2 Å². The van der Waals surface area contributed by atoms with Gasteiger partial charge in [-0.25, -0.2) is 0 Å². The number of carbonyl (C=O) groups is 1. The molecule has 1 heterocycles. The van der Waals surface area contributed by atoms with Crippen LogP contribution in [0.5, 0.6) is 0 Å². The van der Waals surface area contributed by atoms with E-state index in [-0.39, 0.29) is 38.5 Å². The molecule has 0 aromatic heterocycles. The van der Waals surface area contributed by atoms with E-state index in [0.29, 0.717) is 18.4 Å². The summed E-state index contributed by atoms with van der Waals surface area (Å²) in [6.07, 6.45) is 5.16. The maximum absolute atomic E-state index is 13.7. The van der Waals surface area contributed by atoms with Crippen LogP contribution in [-0.2, 0) is 18.6 Å². The normalized spacial score (nSPS) is 23.3. The summed E-state index contributed by atoms with van der Waals surface area (Å²) in [5.41, 5.74) is -0.0765. The molecule has 5 nitrogen and oxygen atoms in total. The first-order chi connectivity index (χ1) is 14.7. The minimum absolute atomic E-state index is 0.0176. The molecule has 0 radical (unpaired) electrons. The Morgan fingerprint density at radius 3 is 2.65 bits per heavy atom. The minimum Gasteiger partial charge on any atom is -0.363 e. The van der Waals surface area contributed by atoms with Crippen molar-refractivity contribution in [2.75, 3.05) is 18.9 Å². The van der Waals surface area contributed by atoms with Crippen LogP contribution in [0.4, 0.5) is 0 Å². The van der Waals surface area contributed by atoms with Gasteiger partial charge >= 0.3 is 0 Å². The van der Waals surface area contributed by atoms with Crippen molar-refractivity contribution in [3.05, 3.63) is 28.2 Å². The molecule has 4 unspecified atom stereocenters. The van der Waals surface area contributed by atoms with Gasteiger partial charge < -0.3 is 14.6 Å². The van der Waals surface area contributed by atoms with Crippen molar-refractivity contribution in [3.63, 3.8) is 0 Å². The number of halogens is 2. The van der Waals surface area contributed by atoms with Gasteiger partial charge in [0.05, 0.1) is 40.4 Å². The van der Waals surface area contributed by atoms with Crippen molar-refractivity contribution in [1.29, 1.82) is 0 Å². The summed E-state index contributed by atoms with van der Waals surface area (Å²) < 4.78 is 25.5. The number of carbonyl (C=O) groups excluding carboxylic acids is 1. The Morgan fingerprint density at radius 1 is 1.29 bits per heavy atom. The van der Waals surface area contributed by atoms with E-state index in [4.69, 9.17) is 32.5 Å². The molecule has 176 valence electrons. The summed E-state index contributed by atoms with van der Waals surface area (Å²) >= 11 is 15.3. The van der Waals surface area contributed by atoms with Crippen LogP contribution in [0, 0.1) is 0 Å². The standard InChI is InChI=1S/C21H32Cl2NO4PS2/c1-4-5-6-7-11-27-29(26,21-17(22)9-8-10-18(21)23)30-14-19(25)24-13-20-28-15(2)12-16(3)31-20/h8-10,15-16,20H,4-7,11-14H2,1-3H3,(H,24,25). The van der Waals surface area contributed by atoms with Crippen LogP contribution in [0.1, 0.15) is 52.9 Å². The molecule has 31 heavy (non-hydrogen) atoms. The topological polar surface area (TPSA) is 64.6 Å². The molecule has 0 saturated carbocycles. The fraction of sp³-hybridized carbons (Fsp3) is 0.667. The molecular formula is C21H32Cl2NO4PS2. The van der Waals surface area contributed by atoms with E-state index in [1.165, 1.54) is 0 Å². The van der Waals surface area contributed by atoms with E-state index in [1.54, 1.807) is 30.0 Å². The lowest BCUT2D eigenvalue weighted by atomic mass is 10.2. The molecule has 1 amide bonds. The van der Waals surface area contributed by atoms with Gasteiger partial charge in [-0.05, 0) is 31.9 Å². The number of hydrogen-bond acceptors (Lipinski definition) is 6. The predicted octanol–water partition coefficient (Wildman–Crippen LogP) is 6.51. The summed E-state index contributed by atoms with van der Waals surface area (Å²) in [5, 5.41) is 4.22. The van der Waals surface area contributed by atoms with E-state index >= 15 is 0 Å². The molecule has 1 saturated heterocycles. The number of ether oxygens (including phenoxy) is 1. The number of hydrogen-bond donors (Lipinski definition) is 1. The van der Waals surface area contributed by atoms with E-state index < -0.39 is 6.57 Å². The third-order valence-electron chi connectivity index (χ3n) is 4.73. The number of benzene rings is 1. The molecule has 10 heteroatoms. The smallest absolute Gasteiger partial charge is 0.290 e. The first kappa shape index (κ1) is 27.4. The highest BCUT2D eigenvalue weighted by Gasteiger charge is 2.33. The summed E-state index contributed by atoms with van der Waals surface area (Å²) in [4.78, 5) is 12.5. The van der Waals surface area contributed by atoms with Crippen molar-refractivity contribution < 1.29 is 18.6 Å². The van der Waals surface area contributed by atoms with Crippen molar-refractivity contribution in [2.45, 2.75) is 69.7 Å². The largest absolute Gasteiger partial charge is 0.363 e. The van der Waals surface area contributed by atoms with Crippen LogP contribution < -0.4 is 10.6 Å². The second-order valence-corrected chi connectivity index (χ2v) is 14.5. The Labute approximate surface area is 204 Å². The maximum atomic E-state index is 13.7. The van der Waals surface area contributed by atoms with Gasteiger partial charge in [-0.15, -0.1) is 11.8 Å². The van der Waals surface area contributed by atoms with Gasteiger partial charge in [0.15, 0.2) is 0 Å². The number of thioether (sulfide) groups is 1. The summed E-state index contributed by atoms with van der Waals surface area (Å²) in [7, 11) is 0. The minimum atomic E-state index is -3.47. The molecule has 0 spiro atoms. The third-order valence-corrected chi connectivity index (χ3v) is 11.4. The number of unbranched alkanes of at least 4 members (excludes halogenated alkanes) is 3. The van der Waals surface area contributed by atoms with Crippen LogP contribution in [0.3, 0.4) is 0 Å². The lowest BCUT2D eigenvalue weighted by Gasteiger charge is -2.31. The molecular weight excluding hydrogens is 496 g/mol. The third kappa shape index (κ3) is 9.11. The SMILES string of the molecule is CCCCCCOP(=O)(SCC(=O)NCC1OC(C)CC(C)S1)c1c(Cl)cccc1Cl. The summed E-state index contributed by atoms with van der Waals surface area (Å²) in [5.74, 6) is -0.242. The van der Waals surface area contributed by atoms with Crippen molar-refractivity contribution in [1.82, 2.24) is 5.32 Å². The van der Waals surface area contributed by atoms with Gasteiger partial charge in [-0.2, -0.15) is 0 Å². The van der Waals surface area contributed by atoms with E-state index in [1.807, 2.05) is 6.92 Å². The molecule has 1 aliphatic heterocycles. The van der Waals surface area contributed by atoms with Gasteiger partial charge in [-0.3, -0.25) is 9.36 Å². The lowest BCUT2D eigenvalue weighted by molar-refractivity contribution is -0.119. The summed E-state index contributed by atoms with van der Waals surface area (Å²) in [6, 6.07) is 4.97. The van der Waals surface area contributed by atoms with Gasteiger partial charge in [-0.1, -0.05) is 73.8 Å². The number of amides is 1. The van der Waals surface area contributed by atoms with E-state index in [9.17, 15) is 9.36 Å². The van der Waals surface area contributed by atoms with Gasteiger partial charge in [0, 0.05) is 5.25 Å². The van der Waals surface area contributed by atoms with Gasteiger partial charge in [0.25, 0.3) is 6.57 Å². The van der Waals surface area contributed by atoms with Crippen molar-refractivity contribution in [2.24, 2.45) is 0 Å². The molecule has 4 atom stereocenters.